The van der Waals surface area contributed by atoms with Crippen LogP contribution in [-0.2, 0) is 6.42 Å². The molecule has 0 unspecified atom stereocenters. The first kappa shape index (κ1) is 15.9. The van der Waals surface area contributed by atoms with Crippen LogP contribution in [0.5, 0.6) is 0 Å². The number of hydrogen-bond acceptors (Lipinski definition) is 3. The van der Waals surface area contributed by atoms with E-state index in [4.69, 9.17) is 0 Å². The Morgan fingerprint density at radius 1 is 1.27 bits per heavy atom. The van der Waals surface area contributed by atoms with Gasteiger partial charge in [-0.1, -0.05) is 6.92 Å². The van der Waals surface area contributed by atoms with Crippen LogP contribution in [0.2, 0.25) is 0 Å². The molecule has 0 bridgehead atoms. The van der Waals surface area contributed by atoms with Gasteiger partial charge in [0.1, 0.15) is 11.6 Å². The number of nitrogens with one attached hydrogen (secondary N) is 1. The minimum absolute atomic E-state index is 0.100. The zero-order chi connectivity index (χ0) is 16.3. The molecule has 0 radical (unpaired) electrons. The number of carbonyl (C=O) groups excluding carboxylic acids is 1. The second-order valence-corrected chi connectivity index (χ2v) is 5.01. The molecule has 2 rings (SSSR count). The molecule has 4 nitrogen and oxygen atoms in total. The van der Waals surface area contributed by atoms with Gasteiger partial charge in [0.15, 0.2) is 0 Å². The van der Waals surface area contributed by atoms with Crippen molar-refractivity contribution in [3.05, 3.63) is 53.4 Å². The standard InChI is InChI=1S/C16H17F2N3O/c1-4-14-15(7-10(17)9-19-14)20-16(22)12-6-5-11(21(2)3)8-13(12)18/h5-9H,4H2,1-3H3,(H,20,22). The first-order valence-corrected chi connectivity index (χ1v) is 6.85. The lowest BCUT2D eigenvalue weighted by Gasteiger charge is -2.14. The number of carbonyl (C=O) groups is 1. The Bertz CT molecular complexity index is 702. The smallest absolute Gasteiger partial charge is 0.258 e. The van der Waals surface area contributed by atoms with Gasteiger partial charge in [-0.3, -0.25) is 9.78 Å². The van der Waals surface area contributed by atoms with Crippen LogP contribution < -0.4 is 10.2 Å². The predicted molar refractivity (Wildman–Crippen MR) is 82.3 cm³/mol. The molecule has 22 heavy (non-hydrogen) atoms. The first-order chi connectivity index (χ1) is 10.4. The summed E-state index contributed by atoms with van der Waals surface area (Å²) in [6, 6.07) is 5.50. The summed E-state index contributed by atoms with van der Waals surface area (Å²) < 4.78 is 27.3. The summed E-state index contributed by atoms with van der Waals surface area (Å²) in [7, 11) is 3.56. The highest BCUT2D eigenvalue weighted by atomic mass is 19.1. The van der Waals surface area contributed by atoms with Gasteiger partial charge in [-0.25, -0.2) is 8.78 Å². The summed E-state index contributed by atoms with van der Waals surface area (Å²) in [5, 5.41) is 2.51. The van der Waals surface area contributed by atoms with E-state index in [9.17, 15) is 13.6 Å². The van der Waals surface area contributed by atoms with Crippen LogP contribution in [0.25, 0.3) is 0 Å². The van der Waals surface area contributed by atoms with Gasteiger partial charge in [-0.05, 0) is 24.6 Å². The Balaban J connectivity index is 2.28. The maximum atomic E-state index is 14.0. The maximum Gasteiger partial charge on any atom is 0.258 e. The van der Waals surface area contributed by atoms with E-state index in [1.807, 2.05) is 6.92 Å². The third kappa shape index (κ3) is 3.39. The Labute approximate surface area is 127 Å². The van der Waals surface area contributed by atoms with Gasteiger partial charge >= 0.3 is 0 Å². The van der Waals surface area contributed by atoms with Crippen molar-refractivity contribution in [2.75, 3.05) is 24.3 Å². The van der Waals surface area contributed by atoms with Crippen LogP contribution in [0.4, 0.5) is 20.2 Å². The molecule has 0 fully saturated rings. The Kier molecular flexibility index (Phi) is 4.70. The van der Waals surface area contributed by atoms with Crippen LogP contribution in [0, 0.1) is 11.6 Å². The van der Waals surface area contributed by atoms with Crippen LogP contribution in [-0.4, -0.2) is 25.0 Å². The lowest BCUT2D eigenvalue weighted by Crippen LogP contribution is -2.16. The SMILES string of the molecule is CCc1ncc(F)cc1NC(=O)c1ccc(N(C)C)cc1F. The van der Waals surface area contributed by atoms with E-state index in [0.29, 0.717) is 17.8 Å². The van der Waals surface area contributed by atoms with E-state index in [1.54, 1.807) is 25.1 Å². The lowest BCUT2D eigenvalue weighted by atomic mass is 10.1. The summed E-state index contributed by atoms with van der Waals surface area (Å²) in [6.45, 7) is 1.84. The topological polar surface area (TPSA) is 45.2 Å². The molecule has 1 aromatic carbocycles. The number of hydrogen-bond donors (Lipinski definition) is 1. The summed E-state index contributed by atoms with van der Waals surface area (Å²) in [6.07, 6.45) is 1.61. The minimum Gasteiger partial charge on any atom is -0.378 e. The average Bonchev–Trinajstić information content (AvgIpc) is 2.47. The monoisotopic (exact) mass is 305 g/mol. The number of aryl methyl sites for hydroxylation is 1. The van der Waals surface area contributed by atoms with Gasteiger partial charge in [0.2, 0.25) is 0 Å². The summed E-state index contributed by atoms with van der Waals surface area (Å²) >= 11 is 0. The number of pyridine rings is 1. The van der Waals surface area contributed by atoms with Crippen molar-refractivity contribution in [3.63, 3.8) is 0 Å². The fourth-order valence-corrected chi connectivity index (χ4v) is 2.01. The number of aromatic nitrogens is 1. The molecular formula is C16H17F2N3O. The molecule has 0 saturated carbocycles. The van der Waals surface area contributed by atoms with Crippen molar-refractivity contribution >= 4 is 17.3 Å². The third-order valence-electron chi connectivity index (χ3n) is 3.23. The normalized spacial score (nSPS) is 10.4. The molecule has 0 aliphatic heterocycles. The minimum atomic E-state index is -0.634. The Hall–Kier alpha value is -2.50. The van der Waals surface area contributed by atoms with E-state index >= 15 is 0 Å². The molecule has 1 aromatic heterocycles. The molecule has 2 aromatic rings. The van der Waals surface area contributed by atoms with Gasteiger partial charge in [-0.15, -0.1) is 0 Å². The number of halogens is 2. The largest absolute Gasteiger partial charge is 0.378 e. The van der Waals surface area contributed by atoms with Gasteiger partial charge in [0.05, 0.1) is 23.1 Å². The number of nitrogens with zero attached hydrogens (tertiary/aromatic N) is 2. The van der Waals surface area contributed by atoms with Crippen molar-refractivity contribution < 1.29 is 13.6 Å². The molecule has 1 amide bonds. The molecule has 0 saturated heterocycles. The molecule has 0 aliphatic carbocycles. The lowest BCUT2D eigenvalue weighted by molar-refractivity contribution is 0.102. The average molecular weight is 305 g/mol. The molecule has 0 aliphatic rings. The van der Waals surface area contributed by atoms with Crippen LogP contribution in [0.1, 0.15) is 23.0 Å². The highest BCUT2D eigenvalue weighted by Crippen LogP contribution is 2.20. The molecule has 6 heteroatoms. The number of anilines is 2. The van der Waals surface area contributed by atoms with Gasteiger partial charge in [-0.2, -0.15) is 0 Å². The van der Waals surface area contributed by atoms with Crippen molar-refractivity contribution in [3.8, 4) is 0 Å². The quantitative estimate of drug-likeness (QED) is 0.943. The Morgan fingerprint density at radius 3 is 2.59 bits per heavy atom. The second kappa shape index (κ2) is 6.51. The van der Waals surface area contributed by atoms with E-state index in [1.165, 1.54) is 18.2 Å². The fraction of sp³-hybridized carbons (Fsp3) is 0.250. The number of amides is 1. The molecule has 0 spiro atoms. The number of benzene rings is 1. The predicted octanol–water partition coefficient (Wildman–Crippen LogP) is 3.24. The molecule has 1 N–H and O–H groups in total. The summed E-state index contributed by atoms with van der Waals surface area (Å²) in [4.78, 5) is 17.8. The van der Waals surface area contributed by atoms with Crippen molar-refractivity contribution in [1.82, 2.24) is 4.98 Å². The van der Waals surface area contributed by atoms with Crippen LogP contribution in [0.15, 0.2) is 30.5 Å². The first-order valence-electron chi connectivity index (χ1n) is 6.85. The van der Waals surface area contributed by atoms with Crippen LogP contribution in [0.3, 0.4) is 0 Å². The zero-order valence-corrected chi connectivity index (χ0v) is 12.7. The third-order valence-corrected chi connectivity index (χ3v) is 3.23. The van der Waals surface area contributed by atoms with Gasteiger partial charge in [0.25, 0.3) is 5.91 Å². The second-order valence-electron chi connectivity index (χ2n) is 5.01. The highest BCUT2D eigenvalue weighted by Gasteiger charge is 2.15. The van der Waals surface area contributed by atoms with E-state index in [0.717, 1.165) is 6.20 Å². The van der Waals surface area contributed by atoms with Gasteiger partial charge < -0.3 is 10.2 Å². The molecule has 1 heterocycles. The highest BCUT2D eigenvalue weighted by molar-refractivity contribution is 6.04. The zero-order valence-electron chi connectivity index (χ0n) is 12.7. The van der Waals surface area contributed by atoms with Gasteiger partial charge in [0, 0.05) is 25.8 Å². The van der Waals surface area contributed by atoms with Crippen molar-refractivity contribution in [2.24, 2.45) is 0 Å². The summed E-state index contributed by atoms with van der Waals surface area (Å²) in [5.41, 5.74) is 1.34. The van der Waals surface area contributed by atoms with Crippen LogP contribution >= 0.6 is 0 Å². The summed E-state index contributed by atoms with van der Waals surface area (Å²) in [5.74, 6) is -1.83. The van der Waals surface area contributed by atoms with E-state index < -0.39 is 17.5 Å². The Morgan fingerprint density at radius 2 is 2.00 bits per heavy atom. The maximum absolute atomic E-state index is 14.0. The molecule has 0 atom stereocenters. The van der Waals surface area contributed by atoms with Crippen molar-refractivity contribution in [1.29, 1.82) is 0 Å². The van der Waals surface area contributed by atoms with E-state index in [-0.39, 0.29) is 11.3 Å². The fourth-order valence-electron chi connectivity index (χ4n) is 2.01. The molecule has 116 valence electrons. The van der Waals surface area contributed by atoms with E-state index in [2.05, 4.69) is 10.3 Å². The molecular weight excluding hydrogens is 288 g/mol. The number of rotatable bonds is 4. The van der Waals surface area contributed by atoms with Crippen molar-refractivity contribution in [2.45, 2.75) is 13.3 Å².